The fourth-order valence-corrected chi connectivity index (χ4v) is 3.91. The molecule has 0 aliphatic rings. The molecule has 0 spiro atoms. The maximum absolute atomic E-state index is 13.0. The summed E-state index contributed by atoms with van der Waals surface area (Å²) in [4.78, 5) is 30.1. The standard InChI is InChI=1S/C23H28N6O4/c1-6-16-8-7-9-18(11-16)33-13-17(30)12-28-19-20(26(4)23(32)27(5)21(19)31)24-22(28)29-15(3)10-14(2)25-29/h7-11,17,30H,6,12-13H2,1-5H3/t17-/m1/s1. The SMILES string of the molecule is CCc1cccc(OC[C@H](O)Cn2c(-n3nc(C)cc3C)nc3c2c(=O)n(C)c(=O)n3C)c1. The topological polar surface area (TPSA) is 109 Å². The Kier molecular flexibility index (Phi) is 5.94. The second kappa shape index (κ2) is 8.70. The Morgan fingerprint density at radius 3 is 2.55 bits per heavy atom. The summed E-state index contributed by atoms with van der Waals surface area (Å²) < 4.78 is 11.4. The molecule has 33 heavy (non-hydrogen) atoms. The Morgan fingerprint density at radius 1 is 1.12 bits per heavy atom. The summed E-state index contributed by atoms with van der Waals surface area (Å²) in [7, 11) is 2.98. The summed E-state index contributed by atoms with van der Waals surface area (Å²) in [6, 6.07) is 9.59. The number of ether oxygens (including phenoxy) is 1. The van der Waals surface area contributed by atoms with Gasteiger partial charge in [-0.2, -0.15) is 10.1 Å². The van der Waals surface area contributed by atoms with Crippen molar-refractivity contribution in [2.24, 2.45) is 14.1 Å². The Bertz CT molecular complexity index is 1440. The van der Waals surface area contributed by atoms with Gasteiger partial charge in [0.05, 0.1) is 12.2 Å². The van der Waals surface area contributed by atoms with Crippen molar-refractivity contribution in [2.75, 3.05) is 6.61 Å². The molecule has 0 saturated heterocycles. The number of nitrogens with zero attached hydrogens (tertiary/aromatic N) is 6. The van der Waals surface area contributed by atoms with Crippen LogP contribution in [0.25, 0.3) is 17.1 Å². The van der Waals surface area contributed by atoms with Crippen LogP contribution >= 0.6 is 0 Å². The van der Waals surface area contributed by atoms with E-state index in [2.05, 4.69) is 17.0 Å². The van der Waals surface area contributed by atoms with Crippen LogP contribution in [0.4, 0.5) is 0 Å². The van der Waals surface area contributed by atoms with E-state index in [4.69, 9.17) is 4.74 Å². The van der Waals surface area contributed by atoms with E-state index < -0.39 is 17.4 Å². The van der Waals surface area contributed by atoms with E-state index in [0.29, 0.717) is 11.7 Å². The molecule has 0 fully saturated rings. The fraction of sp³-hybridized carbons (Fsp3) is 0.391. The number of aryl methyl sites for hydroxylation is 4. The number of aliphatic hydroxyl groups excluding tert-OH is 1. The van der Waals surface area contributed by atoms with Crippen LogP contribution in [0.5, 0.6) is 5.75 Å². The van der Waals surface area contributed by atoms with Gasteiger partial charge in [0.15, 0.2) is 11.2 Å². The molecule has 0 radical (unpaired) electrons. The summed E-state index contributed by atoms with van der Waals surface area (Å²) >= 11 is 0. The lowest BCUT2D eigenvalue weighted by atomic mass is 10.2. The Hall–Kier alpha value is -3.66. The number of aromatic nitrogens is 6. The van der Waals surface area contributed by atoms with Crippen LogP contribution in [0.3, 0.4) is 0 Å². The van der Waals surface area contributed by atoms with Crippen molar-refractivity contribution in [3.63, 3.8) is 0 Å². The molecule has 0 amide bonds. The molecule has 174 valence electrons. The predicted octanol–water partition coefficient (Wildman–Crippen LogP) is 1.24. The van der Waals surface area contributed by atoms with Gasteiger partial charge in [-0.1, -0.05) is 19.1 Å². The first-order valence-corrected chi connectivity index (χ1v) is 10.8. The lowest BCUT2D eigenvalue weighted by Crippen LogP contribution is -2.38. The summed E-state index contributed by atoms with van der Waals surface area (Å²) in [5, 5.41) is 15.3. The van der Waals surface area contributed by atoms with E-state index in [1.807, 2.05) is 44.2 Å². The zero-order chi connectivity index (χ0) is 23.9. The molecule has 0 aliphatic carbocycles. The quantitative estimate of drug-likeness (QED) is 0.452. The van der Waals surface area contributed by atoms with E-state index >= 15 is 0 Å². The van der Waals surface area contributed by atoms with Crippen molar-refractivity contribution in [1.29, 1.82) is 0 Å². The zero-order valence-electron chi connectivity index (χ0n) is 19.4. The van der Waals surface area contributed by atoms with Crippen LogP contribution in [-0.2, 0) is 27.1 Å². The number of benzene rings is 1. The number of hydrogen-bond acceptors (Lipinski definition) is 6. The zero-order valence-corrected chi connectivity index (χ0v) is 19.4. The molecule has 1 aromatic carbocycles. The summed E-state index contributed by atoms with van der Waals surface area (Å²) in [5.74, 6) is 1.02. The maximum Gasteiger partial charge on any atom is 0.332 e. The number of hydrogen-bond donors (Lipinski definition) is 1. The van der Waals surface area contributed by atoms with Crippen LogP contribution < -0.4 is 16.0 Å². The van der Waals surface area contributed by atoms with Crippen molar-refractivity contribution < 1.29 is 9.84 Å². The lowest BCUT2D eigenvalue weighted by Gasteiger charge is -2.16. The lowest BCUT2D eigenvalue weighted by molar-refractivity contribution is 0.0931. The summed E-state index contributed by atoms with van der Waals surface area (Å²) in [6.07, 6.45) is -0.0558. The van der Waals surface area contributed by atoms with Crippen molar-refractivity contribution in [3.8, 4) is 11.7 Å². The van der Waals surface area contributed by atoms with Crippen LogP contribution in [0.2, 0.25) is 0 Å². The molecule has 0 saturated carbocycles. The average Bonchev–Trinajstić information content (AvgIpc) is 3.33. The van der Waals surface area contributed by atoms with Gasteiger partial charge in [0.2, 0.25) is 5.95 Å². The molecule has 1 N–H and O–H groups in total. The number of rotatable bonds is 7. The maximum atomic E-state index is 13.0. The minimum absolute atomic E-state index is 0.0233. The summed E-state index contributed by atoms with van der Waals surface area (Å²) in [5.41, 5.74) is 2.22. The Balaban J connectivity index is 1.76. The molecule has 3 heterocycles. The first kappa shape index (κ1) is 22.5. The van der Waals surface area contributed by atoms with Gasteiger partial charge < -0.3 is 9.84 Å². The van der Waals surface area contributed by atoms with Crippen LogP contribution in [0, 0.1) is 13.8 Å². The fourth-order valence-electron chi connectivity index (χ4n) is 3.91. The van der Waals surface area contributed by atoms with Crippen molar-refractivity contribution >= 4 is 11.2 Å². The van der Waals surface area contributed by atoms with E-state index in [1.54, 1.807) is 16.3 Å². The molecule has 10 nitrogen and oxygen atoms in total. The van der Waals surface area contributed by atoms with Gasteiger partial charge in [0.25, 0.3) is 5.56 Å². The van der Waals surface area contributed by atoms with Gasteiger partial charge in [-0.05, 0) is 44.0 Å². The molecular weight excluding hydrogens is 424 g/mol. The first-order chi connectivity index (χ1) is 15.7. The highest BCUT2D eigenvalue weighted by Gasteiger charge is 2.23. The smallest absolute Gasteiger partial charge is 0.332 e. The predicted molar refractivity (Wildman–Crippen MR) is 124 cm³/mol. The van der Waals surface area contributed by atoms with E-state index in [-0.39, 0.29) is 24.3 Å². The van der Waals surface area contributed by atoms with Crippen LogP contribution in [0.15, 0.2) is 39.9 Å². The second-order valence-electron chi connectivity index (χ2n) is 8.21. The molecule has 3 aromatic heterocycles. The van der Waals surface area contributed by atoms with Gasteiger partial charge >= 0.3 is 5.69 Å². The Morgan fingerprint density at radius 2 is 1.88 bits per heavy atom. The minimum atomic E-state index is -0.940. The third-order valence-corrected chi connectivity index (χ3v) is 5.67. The molecular formula is C23H28N6O4. The van der Waals surface area contributed by atoms with Crippen LogP contribution in [0.1, 0.15) is 23.9 Å². The molecule has 4 rings (SSSR count). The van der Waals surface area contributed by atoms with Gasteiger partial charge in [0, 0.05) is 19.8 Å². The highest BCUT2D eigenvalue weighted by molar-refractivity contribution is 5.72. The average molecular weight is 453 g/mol. The van der Waals surface area contributed by atoms with Gasteiger partial charge in [-0.15, -0.1) is 0 Å². The Labute approximate surface area is 190 Å². The van der Waals surface area contributed by atoms with Gasteiger partial charge in [0.1, 0.15) is 18.5 Å². The molecule has 0 unspecified atom stereocenters. The van der Waals surface area contributed by atoms with E-state index in [0.717, 1.165) is 27.9 Å². The van der Waals surface area contributed by atoms with Crippen molar-refractivity contribution in [1.82, 2.24) is 28.5 Å². The van der Waals surface area contributed by atoms with Gasteiger partial charge in [-0.3, -0.25) is 18.5 Å². The van der Waals surface area contributed by atoms with Crippen LogP contribution in [-0.4, -0.2) is 46.3 Å². The largest absolute Gasteiger partial charge is 0.491 e. The first-order valence-electron chi connectivity index (χ1n) is 10.8. The molecule has 4 aromatic rings. The highest BCUT2D eigenvalue weighted by atomic mass is 16.5. The molecule has 0 bridgehead atoms. The molecule has 1 atom stereocenters. The second-order valence-corrected chi connectivity index (χ2v) is 8.21. The summed E-state index contributed by atoms with van der Waals surface area (Å²) in [6.45, 7) is 5.85. The molecule has 0 aliphatic heterocycles. The van der Waals surface area contributed by atoms with E-state index in [9.17, 15) is 14.7 Å². The number of fused-ring (bicyclic) bond motifs is 1. The number of aliphatic hydroxyl groups is 1. The third-order valence-electron chi connectivity index (χ3n) is 5.67. The normalized spacial score (nSPS) is 12.4. The third kappa shape index (κ3) is 4.09. The minimum Gasteiger partial charge on any atom is -0.491 e. The highest BCUT2D eigenvalue weighted by Crippen LogP contribution is 2.19. The van der Waals surface area contributed by atoms with Gasteiger partial charge in [-0.25, -0.2) is 9.48 Å². The monoisotopic (exact) mass is 452 g/mol. The van der Waals surface area contributed by atoms with E-state index in [1.165, 1.54) is 11.6 Å². The van der Waals surface area contributed by atoms with Crippen molar-refractivity contribution in [2.45, 2.75) is 39.8 Å². The number of imidazole rings is 1. The molecule has 10 heteroatoms. The van der Waals surface area contributed by atoms with Crippen molar-refractivity contribution in [3.05, 3.63) is 68.1 Å².